The number of aliphatic carboxylic acids is 1. The van der Waals surface area contributed by atoms with Crippen LogP contribution in [-0.2, 0) is 14.3 Å². The molecule has 0 heterocycles. The van der Waals surface area contributed by atoms with E-state index in [9.17, 15) is 9.59 Å². The van der Waals surface area contributed by atoms with E-state index >= 15 is 0 Å². The van der Waals surface area contributed by atoms with E-state index in [-0.39, 0.29) is 51.8 Å². The van der Waals surface area contributed by atoms with Gasteiger partial charge in [0.1, 0.15) is 6.10 Å². The van der Waals surface area contributed by atoms with Gasteiger partial charge in [0.25, 0.3) is 0 Å². The van der Waals surface area contributed by atoms with Crippen LogP contribution in [0.3, 0.4) is 0 Å². The Labute approximate surface area is 114 Å². The van der Waals surface area contributed by atoms with Gasteiger partial charge in [-0.3, -0.25) is 0 Å². The molecule has 0 rings (SSSR count). The summed E-state index contributed by atoms with van der Waals surface area (Å²) >= 11 is 0. The van der Waals surface area contributed by atoms with Crippen LogP contribution < -0.4 is 0 Å². The molecule has 0 spiro atoms. The molecule has 72 valence electrons. The van der Waals surface area contributed by atoms with Crippen molar-refractivity contribution in [2.24, 2.45) is 0 Å². The van der Waals surface area contributed by atoms with Crippen molar-refractivity contribution in [3.63, 3.8) is 0 Å². The molecule has 0 radical (unpaired) electrons. The zero-order valence-corrected chi connectivity index (χ0v) is 10.5. The van der Waals surface area contributed by atoms with Crippen LogP contribution in [0.5, 0.6) is 0 Å². The Bertz CT molecular complexity index is 184. The number of carbonyl (C=O) groups excluding carboxylic acids is 1. The molecule has 2 atom stereocenters. The maximum atomic E-state index is 10.5. The van der Waals surface area contributed by atoms with E-state index in [0.29, 0.717) is 0 Å². The molecule has 0 aromatic rings. The molecule has 5 nitrogen and oxygen atoms in total. The second-order valence-electron chi connectivity index (χ2n) is 2.09. The first-order valence-corrected chi connectivity index (χ1v) is 3.06. The zero-order chi connectivity index (χ0) is 9.02. The minimum Gasteiger partial charge on any atom is -1.00 e. The Balaban J connectivity index is -0.0000000333. The minimum atomic E-state index is -1.28. The third kappa shape index (κ3) is 8.75. The van der Waals surface area contributed by atoms with Crippen LogP contribution >= 0.6 is 0 Å². The van der Waals surface area contributed by atoms with Gasteiger partial charge in [-0.2, -0.15) is 0 Å². The quantitative estimate of drug-likeness (QED) is 0.469. The van der Waals surface area contributed by atoms with Crippen molar-refractivity contribution in [3.8, 4) is 0 Å². The van der Waals surface area contributed by atoms with Crippen molar-refractivity contribution in [1.82, 2.24) is 0 Å². The molecule has 0 aromatic heterocycles. The van der Waals surface area contributed by atoms with Gasteiger partial charge < -0.3 is 20.7 Å². The van der Waals surface area contributed by atoms with Gasteiger partial charge in [-0.25, -0.2) is 9.59 Å². The first kappa shape index (κ1) is 19.1. The number of aliphatic hydroxyl groups is 1. The normalized spacial score (nSPS) is 12.8. The summed E-state index contributed by atoms with van der Waals surface area (Å²) in [7, 11) is 0. The zero-order valence-electron chi connectivity index (χ0n) is 11.7. The molecule has 0 saturated heterocycles. The van der Waals surface area contributed by atoms with E-state index in [2.05, 4.69) is 4.74 Å². The number of carbonyl (C=O) groups is 2. The topological polar surface area (TPSA) is 83.8 Å². The SMILES string of the molecule is CC(O)C(=O)OC(C)C(=O)O.[H-].[H-].[H-].[H-].[Mg+2].[Mg+2]. The largest absolute Gasteiger partial charge is 2.00 e. The maximum absolute atomic E-state index is 10.5. The van der Waals surface area contributed by atoms with Gasteiger partial charge in [0.15, 0.2) is 6.10 Å². The molecule has 7 heteroatoms. The first-order chi connectivity index (χ1) is 4.95. The number of carboxylic acids is 1. The van der Waals surface area contributed by atoms with Crippen molar-refractivity contribution in [3.05, 3.63) is 0 Å². The van der Waals surface area contributed by atoms with E-state index in [1.54, 1.807) is 0 Å². The number of aliphatic hydroxyl groups excluding tert-OH is 1. The predicted molar refractivity (Wildman–Crippen MR) is 50.8 cm³/mol. The van der Waals surface area contributed by atoms with E-state index in [1.807, 2.05) is 0 Å². The molecule has 0 aliphatic rings. The second-order valence-corrected chi connectivity index (χ2v) is 2.09. The van der Waals surface area contributed by atoms with Crippen LogP contribution in [0, 0.1) is 0 Å². The Hall–Kier alpha value is 0.432. The standard InChI is InChI=1S/C6H10O5.2Mg.4H/c1-3(7)6(10)11-4(2)5(8)9;;;;;;/h3-4,7H,1-2H3,(H,8,9);;;;;;/q;2*+2;4*-1. The van der Waals surface area contributed by atoms with Gasteiger partial charge in [-0.05, 0) is 13.8 Å². The van der Waals surface area contributed by atoms with E-state index in [4.69, 9.17) is 10.2 Å². The van der Waals surface area contributed by atoms with Gasteiger partial charge in [0, 0.05) is 0 Å². The minimum absolute atomic E-state index is 0. The van der Waals surface area contributed by atoms with Crippen LogP contribution in [0.25, 0.3) is 0 Å². The summed E-state index contributed by atoms with van der Waals surface area (Å²) in [5.41, 5.74) is 0. The fourth-order valence-electron chi connectivity index (χ4n) is 0.323. The molecule has 0 aromatic carbocycles. The summed E-state index contributed by atoms with van der Waals surface area (Å²) in [4.78, 5) is 20.6. The molecule has 0 amide bonds. The molecule has 0 aliphatic carbocycles. The number of rotatable bonds is 3. The maximum Gasteiger partial charge on any atom is 2.00 e. The van der Waals surface area contributed by atoms with E-state index in [0.717, 1.165) is 0 Å². The second kappa shape index (κ2) is 9.01. The number of carboxylic acid groups (broad SMARTS) is 1. The number of hydrogen-bond donors (Lipinski definition) is 2. The third-order valence-electron chi connectivity index (χ3n) is 0.982. The van der Waals surface area contributed by atoms with Gasteiger partial charge in [-0.15, -0.1) is 0 Å². The molecule has 0 aliphatic heterocycles. The Morgan fingerprint density at radius 3 is 1.92 bits per heavy atom. The average molecular weight is 215 g/mol. The first-order valence-electron chi connectivity index (χ1n) is 3.06. The Morgan fingerprint density at radius 1 is 1.31 bits per heavy atom. The molecular weight excluding hydrogens is 201 g/mol. The fourth-order valence-corrected chi connectivity index (χ4v) is 0.323. The van der Waals surface area contributed by atoms with Crippen molar-refractivity contribution in [2.75, 3.05) is 0 Å². The average Bonchev–Trinajstić information content (AvgIpc) is 1.87. The fraction of sp³-hybridized carbons (Fsp3) is 0.667. The molecule has 13 heavy (non-hydrogen) atoms. The summed E-state index contributed by atoms with van der Waals surface area (Å²) in [5.74, 6) is -2.17. The molecule has 2 N–H and O–H groups in total. The van der Waals surface area contributed by atoms with Crippen LogP contribution in [0.2, 0.25) is 0 Å². The van der Waals surface area contributed by atoms with Gasteiger partial charge in [0.05, 0.1) is 0 Å². The van der Waals surface area contributed by atoms with Crippen LogP contribution in [0.15, 0.2) is 0 Å². The van der Waals surface area contributed by atoms with Gasteiger partial charge in [-0.1, -0.05) is 0 Å². The van der Waals surface area contributed by atoms with Crippen molar-refractivity contribution in [1.29, 1.82) is 0 Å². The summed E-state index contributed by atoms with van der Waals surface area (Å²) in [6, 6.07) is 0. The Kier molecular flexibility index (Phi) is 13.2. The van der Waals surface area contributed by atoms with Crippen molar-refractivity contribution < 1.29 is 30.2 Å². The molecular formula is C6H14Mg2O5. The van der Waals surface area contributed by atoms with Crippen LogP contribution in [0.4, 0.5) is 0 Å². The third-order valence-corrected chi connectivity index (χ3v) is 0.982. The smallest absolute Gasteiger partial charge is 1.00 e. The van der Waals surface area contributed by atoms with Gasteiger partial charge >= 0.3 is 58.0 Å². The van der Waals surface area contributed by atoms with Crippen LogP contribution in [-0.4, -0.2) is 80.5 Å². The number of ether oxygens (including phenoxy) is 1. The summed E-state index contributed by atoms with van der Waals surface area (Å²) in [6.45, 7) is 2.42. The molecule has 0 fully saturated rings. The van der Waals surface area contributed by atoms with E-state index in [1.165, 1.54) is 13.8 Å². The van der Waals surface area contributed by atoms with Crippen molar-refractivity contribution >= 4 is 58.0 Å². The summed E-state index contributed by atoms with van der Waals surface area (Å²) < 4.78 is 4.28. The Morgan fingerprint density at radius 2 is 1.69 bits per heavy atom. The molecule has 0 bridgehead atoms. The summed E-state index contributed by atoms with van der Waals surface area (Å²) in [6.07, 6.45) is -2.49. The van der Waals surface area contributed by atoms with Crippen LogP contribution in [0.1, 0.15) is 19.6 Å². The van der Waals surface area contributed by atoms with E-state index < -0.39 is 24.1 Å². The number of hydrogen-bond acceptors (Lipinski definition) is 4. The predicted octanol–water partition coefficient (Wildman–Crippen LogP) is -0.928. The molecule has 0 saturated carbocycles. The monoisotopic (exact) mass is 214 g/mol. The van der Waals surface area contributed by atoms with Crippen molar-refractivity contribution in [2.45, 2.75) is 26.1 Å². The van der Waals surface area contributed by atoms with Gasteiger partial charge in [0.2, 0.25) is 0 Å². The summed E-state index contributed by atoms with van der Waals surface area (Å²) in [5, 5.41) is 16.8. The molecule has 2 unspecified atom stereocenters. The number of esters is 1.